The van der Waals surface area contributed by atoms with E-state index in [-0.39, 0.29) is 16.5 Å². The van der Waals surface area contributed by atoms with Crippen LogP contribution in [0.4, 0.5) is 23.2 Å². The molecule has 0 aromatic heterocycles. The second kappa shape index (κ2) is 5.81. The fraction of sp³-hybridized carbons (Fsp3) is 0.143. The van der Waals surface area contributed by atoms with Crippen LogP contribution >= 0.6 is 11.6 Å². The van der Waals surface area contributed by atoms with Crippen molar-refractivity contribution >= 4 is 17.3 Å². The van der Waals surface area contributed by atoms with Crippen molar-refractivity contribution in [3.63, 3.8) is 0 Å². The van der Waals surface area contributed by atoms with Crippen LogP contribution in [0.2, 0.25) is 5.02 Å². The van der Waals surface area contributed by atoms with Gasteiger partial charge in [0.05, 0.1) is 10.7 Å². The number of benzene rings is 2. The zero-order chi connectivity index (χ0) is 15.6. The summed E-state index contributed by atoms with van der Waals surface area (Å²) in [6.07, 6.45) is -4.42. The molecule has 0 saturated carbocycles. The summed E-state index contributed by atoms with van der Waals surface area (Å²) >= 11 is 5.78. The Kier molecular flexibility index (Phi) is 4.27. The number of halogens is 5. The van der Waals surface area contributed by atoms with Crippen LogP contribution < -0.4 is 10.5 Å². The normalized spacial score (nSPS) is 11.5. The quantitative estimate of drug-likeness (QED) is 0.659. The van der Waals surface area contributed by atoms with Crippen LogP contribution in [0.15, 0.2) is 36.4 Å². The van der Waals surface area contributed by atoms with Crippen LogP contribution in [0.1, 0.15) is 0 Å². The molecule has 0 amide bonds. The molecule has 2 aromatic carbocycles. The Balaban J connectivity index is 2.29. The summed E-state index contributed by atoms with van der Waals surface area (Å²) < 4.78 is 54.5. The van der Waals surface area contributed by atoms with Crippen LogP contribution in [-0.4, -0.2) is 12.8 Å². The minimum Gasteiger partial charge on any atom is -0.484 e. The Morgan fingerprint density at radius 1 is 1.10 bits per heavy atom. The molecule has 0 saturated heterocycles. The molecule has 0 heterocycles. The molecule has 7 heteroatoms. The van der Waals surface area contributed by atoms with Crippen LogP contribution in [0.5, 0.6) is 5.75 Å². The molecule has 0 unspecified atom stereocenters. The average molecular weight is 320 g/mol. The van der Waals surface area contributed by atoms with E-state index in [2.05, 4.69) is 4.74 Å². The van der Waals surface area contributed by atoms with Gasteiger partial charge in [-0.15, -0.1) is 0 Å². The number of rotatable bonds is 3. The summed E-state index contributed by atoms with van der Waals surface area (Å²) in [6.45, 7) is -1.40. The van der Waals surface area contributed by atoms with Crippen LogP contribution in [0.3, 0.4) is 0 Å². The predicted molar refractivity (Wildman–Crippen MR) is 72.8 cm³/mol. The Morgan fingerprint density at radius 2 is 1.81 bits per heavy atom. The number of hydrogen-bond donors (Lipinski definition) is 1. The van der Waals surface area contributed by atoms with Gasteiger partial charge in [0.15, 0.2) is 6.61 Å². The van der Waals surface area contributed by atoms with E-state index in [1.807, 2.05) is 0 Å². The van der Waals surface area contributed by atoms with Crippen molar-refractivity contribution in [3.05, 3.63) is 47.2 Å². The molecule has 0 atom stereocenters. The Labute approximate surface area is 123 Å². The third kappa shape index (κ3) is 4.01. The molecule has 2 rings (SSSR count). The van der Waals surface area contributed by atoms with E-state index in [4.69, 9.17) is 17.3 Å². The molecule has 0 spiro atoms. The summed E-state index contributed by atoms with van der Waals surface area (Å²) in [7, 11) is 0. The van der Waals surface area contributed by atoms with Crippen molar-refractivity contribution in [3.8, 4) is 16.9 Å². The van der Waals surface area contributed by atoms with Crippen LogP contribution in [0, 0.1) is 5.82 Å². The number of hydrogen-bond acceptors (Lipinski definition) is 2. The lowest BCUT2D eigenvalue weighted by Crippen LogP contribution is -2.19. The van der Waals surface area contributed by atoms with Crippen molar-refractivity contribution < 1.29 is 22.3 Å². The van der Waals surface area contributed by atoms with E-state index < -0.39 is 18.6 Å². The molecule has 21 heavy (non-hydrogen) atoms. The number of alkyl halides is 3. The highest BCUT2D eigenvalue weighted by molar-refractivity contribution is 6.33. The van der Waals surface area contributed by atoms with Gasteiger partial charge < -0.3 is 10.5 Å². The molecule has 0 aliphatic rings. The van der Waals surface area contributed by atoms with E-state index in [0.717, 1.165) is 6.07 Å². The first-order valence-electron chi connectivity index (χ1n) is 5.81. The van der Waals surface area contributed by atoms with Gasteiger partial charge in [0.25, 0.3) is 0 Å². The highest BCUT2D eigenvalue weighted by atomic mass is 35.5. The molecular formula is C14H10ClF4NO. The first-order chi connectivity index (χ1) is 9.76. The van der Waals surface area contributed by atoms with E-state index in [0.29, 0.717) is 11.1 Å². The van der Waals surface area contributed by atoms with Gasteiger partial charge in [0, 0.05) is 0 Å². The second-order valence-corrected chi connectivity index (χ2v) is 4.69. The van der Waals surface area contributed by atoms with E-state index >= 15 is 0 Å². The third-order valence-corrected chi connectivity index (χ3v) is 2.96. The molecule has 0 aliphatic heterocycles. The molecule has 2 aromatic rings. The molecular weight excluding hydrogens is 310 g/mol. The predicted octanol–water partition coefficient (Wildman–Crippen LogP) is 4.67. The van der Waals surface area contributed by atoms with Crippen LogP contribution in [0.25, 0.3) is 11.1 Å². The van der Waals surface area contributed by atoms with Gasteiger partial charge >= 0.3 is 6.18 Å². The Hall–Kier alpha value is -1.95. The van der Waals surface area contributed by atoms with Crippen LogP contribution in [-0.2, 0) is 0 Å². The number of ether oxygens (including phenoxy) is 1. The molecule has 2 nitrogen and oxygen atoms in total. The minimum absolute atomic E-state index is 0.0261. The molecule has 0 fully saturated rings. The molecule has 0 bridgehead atoms. The smallest absolute Gasteiger partial charge is 0.422 e. The van der Waals surface area contributed by atoms with E-state index in [1.54, 1.807) is 6.07 Å². The van der Waals surface area contributed by atoms with Gasteiger partial charge in [0.1, 0.15) is 11.6 Å². The molecule has 2 N–H and O–H groups in total. The summed E-state index contributed by atoms with van der Waals surface area (Å²) in [5.74, 6) is -0.669. The highest BCUT2D eigenvalue weighted by Crippen LogP contribution is 2.31. The standard InChI is InChI=1S/C14H10ClF4NO/c15-11-5-9(6-12(16)13(11)20)8-2-1-3-10(4-8)21-7-14(17,18)19/h1-6H,7,20H2. The fourth-order valence-electron chi connectivity index (χ4n) is 1.68. The van der Waals surface area contributed by atoms with Crippen molar-refractivity contribution in [1.29, 1.82) is 0 Å². The van der Waals surface area contributed by atoms with Gasteiger partial charge in [-0.05, 0) is 35.4 Å². The van der Waals surface area contributed by atoms with Gasteiger partial charge in [-0.1, -0.05) is 23.7 Å². The monoisotopic (exact) mass is 319 g/mol. The Bertz CT molecular complexity index is 635. The zero-order valence-electron chi connectivity index (χ0n) is 10.5. The second-order valence-electron chi connectivity index (χ2n) is 4.29. The van der Waals surface area contributed by atoms with E-state index in [9.17, 15) is 17.6 Å². The first kappa shape index (κ1) is 15.4. The summed E-state index contributed by atoms with van der Waals surface area (Å²) in [5, 5.41) is 0.0339. The maximum absolute atomic E-state index is 13.5. The van der Waals surface area contributed by atoms with E-state index in [1.165, 1.54) is 24.3 Å². The lowest BCUT2D eigenvalue weighted by molar-refractivity contribution is -0.153. The number of nitrogens with two attached hydrogens (primary N) is 1. The SMILES string of the molecule is Nc1c(F)cc(-c2cccc(OCC(F)(F)F)c2)cc1Cl. The first-order valence-corrected chi connectivity index (χ1v) is 6.18. The maximum Gasteiger partial charge on any atom is 0.422 e. The maximum atomic E-state index is 13.5. The highest BCUT2D eigenvalue weighted by Gasteiger charge is 2.28. The summed E-state index contributed by atoms with van der Waals surface area (Å²) in [5.41, 5.74) is 6.08. The zero-order valence-corrected chi connectivity index (χ0v) is 11.3. The molecule has 0 aliphatic carbocycles. The average Bonchev–Trinajstić information content (AvgIpc) is 2.41. The fourth-order valence-corrected chi connectivity index (χ4v) is 1.89. The third-order valence-electron chi connectivity index (χ3n) is 2.65. The van der Waals surface area contributed by atoms with Gasteiger partial charge in [-0.25, -0.2) is 4.39 Å². The van der Waals surface area contributed by atoms with Crippen molar-refractivity contribution in [2.24, 2.45) is 0 Å². The lowest BCUT2D eigenvalue weighted by atomic mass is 10.0. The minimum atomic E-state index is -4.42. The molecule has 112 valence electrons. The van der Waals surface area contributed by atoms with Gasteiger partial charge in [0.2, 0.25) is 0 Å². The Morgan fingerprint density at radius 3 is 2.43 bits per heavy atom. The summed E-state index contributed by atoms with van der Waals surface area (Å²) in [4.78, 5) is 0. The van der Waals surface area contributed by atoms with Crippen molar-refractivity contribution in [2.45, 2.75) is 6.18 Å². The number of nitrogen functional groups attached to an aromatic ring is 1. The lowest BCUT2D eigenvalue weighted by Gasteiger charge is -2.11. The summed E-state index contributed by atoms with van der Waals surface area (Å²) in [6, 6.07) is 8.44. The van der Waals surface area contributed by atoms with Gasteiger partial charge in [-0.3, -0.25) is 0 Å². The number of anilines is 1. The molecule has 0 radical (unpaired) electrons. The van der Waals surface area contributed by atoms with Crippen molar-refractivity contribution in [2.75, 3.05) is 12.3 Å². The van der Waals surface area contributed by atoms with Gasteiger partial charge in [-0.2, -0.15) is 13.2 Å². The largest absolute Gasteiger partial charge is 0.484 e. The van der Waals surface area contributed by atoms with Crippen molar-refractivity contribution in [1.82, 2.24) is 0 Å². The topological polar surface area (TPSA) is 35.2 Å².